The third kappa shape index (κ3) is 2.39. The van der Waals surface area contributed by atoms with E-state index in [1.54, 1.807) is 0 Å². The van der Waals surface area contributed by atoms with E-state index in [1.165, 1.54) is 11.1 Å². The summed E-state index contributed by atoms with van der Waals surface area (Å²) in [6.45, 7) is 7.71. The van der Waals surface area contributed by atoms with Gasteiger partial charge in [0, 0.05) is 25.7 Å². The van der Waals surface area contributed by atoms with E-state index < -0.39 is 0 Å². The number of benzene rings is 1. The Morgan fingerprint density at radius 3 is 2.67 bits per heavy atom. The minimum absolute atomic E-state index is 0.484. The number of nitrogens with one attached hydrogen (secondary N) is 2. The highest BCUT2D eigenvalue weighted by Crippen LogP contribution is 2.24. The van der Waals surface area contributed by atoms with Crippen molar-refractivity contribution < 1.29 is 0 Å². The van der Waals surface area contributed by atoms with E-state index >= 15 is 0 Å². The molecule has 0 spiro atoms. The van der Waals surface area contributed by atoms with Crippen LogP contribution in [-0.4, -0.2) is 19.6 Å². The molecule has 0 aromatic heterocycles. The molecule has 2 nitrogen and oxygen atoms in total. The number of rotatable bonds is 2. The molecule has 1 saturated heterocycles. The quantitative estimate of drug-likeness (QED) is 0.770. The maximum atomic E-state index is 3.57. The molecule has 15 heavy (non-hydrogen) atoms. The van der Waals surface area contributed by atoms with Crippen LogP contribution in [0.1, 0.15) is 36.9 Å². The second kappa shape index (κ2) is 4.77. The predicted molar refractivity (Wildman–Crippen MR) is 64.1 cm³/mol. The lowest BCUT2D eigenvalue weighted by Gasteiger charge is -2.27. The molecule has 0 amide bonds. The third-order valence-corrected chi connectivity index (χ3v) is 3.03. The molecular weight excluding hydrogens is 184 g/mol. The van der Waals surface area contributed by atoms with E-state index in [-0.39, 0.29) is 0 Å². The SMILES string of the molecule is CC(C)c1ccccc1[C@@H]1CNCCN1. The van der Waals surface area contributed by atoms with E-state index in [4.69, 9.17) is 0 Å². The molecule has 1 atom stereocenters. The van der Waals surface area contributed by atoms with E-state index in [9.17, 15) is 0 Å². The van der Waals surface area contributed by atoms with Gasteiger partial charge in [-0.15, -0.1) is 0 Å². The maximum absolute atomic E-state index is 3.57. The van der Waals surface area contributed by atoms with Crippen molar-refractivity contribution in [1.29, 1.82) is 0 Å². The molecule has 1 aliphatic rings. The lowest BCUT2D eigenvalue weighted by molar-refractivity contribution is 0.427. The van der Waals surface area contributed by atoms with Crippen molar-refractivity contribution in [3.8, 4) is 0 Å². The second-order valence-corrected chi connectivity index (χ2v) is 4.49. The zero-order valence-electron chi connectivity index (χ0n) is 9.59. The molecule has 0 saturated carbocycles. The van der Waals surface area contributed by atoms with Gasteiger partial charge in [-0.25, -0.2) is 0 Å². The molecule has 0 unspecified atom stereocenters. The lowest BCUT2D eigenvalue weighted by atomic mass is 9.92. The Balaban J connectivity index is 2.25. The summed E-state index contributed by atoms with van der Waals surface area (Å²) >= 11 is 0. The van der Waals surface area contributed by atoms with Gasteiger partial charge in [0.1, 0.15) is 0 Å². The monoisotopic (exact) mass is 204 g/mol. The van der Waals surface area contributed by atoms with E-state index in [0.29, 0.717) is 12.0 Å². The zero-order chi connectivity index (χ0) is 10.7. The fraction of sp³-hybridized carbons (Fsp3) is 0.538. The summed E-state index contributed by atoms with van der Waals surface area (Å²) in [5.74, 6) is 0.602. The first-order chi connectivity index (χ1) is 7.29. The molecule has 1 aromatic carbocycles. The molecule has 0 aliphatic carbocycles. The average Bonchev–Trinajstić information content (AvgIpc) is 2.30. The Kier molecular flexibility index (Phi) is 3.39. The Morgan fingerprint density at radius 2 is 2.00 bits per heavy atom. The van der Waals surface area contributed by atoms with Gasteiger partial charge in [0.2, 0.25) is 0 Å². The van der Waals surface area contributed by atoms with Crippen molar-refractivity contribution in [2.75, 3.05) is 19.6 Å². The fourth-order valence-electron chi connectivity index (χ4n) is 2.23. The molecule has 1 fully saturated rings. The van der Waals surface area contributed by atoms with Gasteiger partial charge in [0.25, 0.3) is 0 Å². The summed E-state index contributed by atoms with van der Waals surface area (Å²) in [6.07, 6.45) is 0. The summed E-state index contributed by atoms with van der Waals surface area (Å²) in [6, 6.07) is 9.25. The first kappa shape index (κ1) is 10.7. The summed E-state index contributed by atoms with van der Waals surface area (Å²) < 4.78 is 0. The highest BCUT2D eigenvalue weighted by molar-refractivity contribution is 5.32. The van der Waals surface area contributed by atoms with Gasteiger partial charge in [-0.05, 0) is 17.0 Å². The first-order valence-corrected chi connectivity index (χ1v) is 5.82. The molecule has 2 heteroatoms. The van der Waals surface area contributed by atoms with Crippen LogP contribution >= 0.6 is 0 Å². The highest BCUT2D eigenvalue weighted by atomic mass is 15.1. The molecular formula is C13H20N2. The van der Waals surface area contributed by atoms with Crippen molar-refractivity contribution >= 4 is 0 Å². The summed E-state index contributed by atoms with van der Waals surface area (Å²) in [4.78, 5) is 0. The van der Waals surface area contributed by atoms with Gasteiger partial charge >= 0.3 is 0 Å². The van der Waals surface area contributed by atoms with Crippen LogP contribution in [0.5, 0.6) is 0 Å². The minimum atomic E-state index is 0.484. The van der Waals surface area contributed by atoms with Crippen molar-refractivity contribution in [2.45, 2.75) is 25.8 Å². The zero-order valence-corrected chi connectivity index (χ0v) is 9.59. The second-order valence-electron chi connectivity index (χ2n) is 4.49. The van der Waals surface area contributed by atoms with Crippen molar-refractivity contribution in [3.63, 3.8) is 0 Å². The van der Waals surface area contributed by atoms with Crippen LogP contribution in [-0.2, 0) is 0 Å². The van der Waals surface area contributed by atoms with Crippen LogP contribution in [0.2, 0.25) is 0 Å². The van der Waals surface area contributed by atoms with Crippen LogP contribution in [0.25, 0.3) is 0 Å². The van der Waals surface area contributed by atoms with Gasteiger partial charge in [-0.2, -0.15) is 0 Å². The van der Waals surface area contributed by atoms with Gasteiger partial charge in [0.15, 0.2) is 0 Å². The first-order valence-electron chi connectivity index (χ1n) is 5.82. The van der Waals surface area contributed by atoms with Crippen LogP contribution < -0.4 is 10.6 Å². The molecule has 0 bridgehead atoms. The van der Waals surface area contributed by atoms with Crippen molar-refractivity contribution in [1.82, 2.24) is 10.6 Å². The standard InChI is InChI=1S/C13H20N2/c1-10(2)11-5-3-4-6-12(11)13-9-14-7-8-15-13/h3-6,10,13-15H,7-9H2,1-2H3/t13-/m0/s1. The number of piperazine rings is 1. The molecule has 1 heterocycles. The molecule has 2 N–H and O–H groups in total. The Bertz CT molecular complexity index is 314. The molecule has 82 valence electrons. The van der Waals surface area contributed by atoms with Crippen molar-refractivity contribution in [3.05, 3.63) is 35.4 Å². The van der Waals surface area contributed by atoms with Gasteiger partial charge in [-0.3, -0.25) is 0 Å². The highest BCUT2D eigenvalue weighted by Gasteiger charge is 2.17. The summed E-state index contributed by atoms with van der Waals surface area (Å²) in [5.41, 5.74) is 2.93. The Hall–Kier alpha value is -0.860. The van der Waals surface area contributed by atoms with Gasteiger partial charge < -0.3 is 10.6 Å². The lowest BCUT2D eigenvalue weighted by Crippen LogP contribution is -2.43. The fourth-order valence-corrected chi connectivity index (χ4v) is 2.23. The summed E-state index contributed by atoms with van der Waals surface area (Å²) in [7, 11) is 0. The van der Waals surface area contributed by atoms with E-state index in [0.717, 1.165) is 19.6 Å². The van der Waals surface area contributed by atoms with E-state index in [2.05, 4.69) is 48.7 Å². The van der Waals surface area contributed by atoms with E-state index in [1.807, 2.05) is 0 Å². The van der Waals surface area contributed by atoms with Crippen LogP contribution in [0.3, 0.4) is 0 Å². The largest absolute Gasteiger partial charge is 0.314 e. The van der Waals surface area contributed by atoms with Crippen LogP contribution in [0.15, 0.2) is 24.3 Å². The van der Waals surface area contributed by atoms with Gasteiger partial charge in [-0.1, -0.05) is 38.1 Å². The Labute approximate surface area is 92.1 Å². The average molecular weight is 204 g/mol. The summed E-state index contributed by atoms with van der Waals surface area (Å²) in [5, 5.41) is 7.01. The minimum Gasteiger partial charge on any atom is -0.314 e. The molecule has 1 aromatic rings. The van der Waals surface area contributed by atoms with Gasteiger partial charge in [0.05, 0.1) is 0 Å². The Morgan fingerprint density at radius 1 is 1.20 bits per heavy atom. The molecule has 2 rings (SSSR count). The smallest absolute Gasteiger partial charge is 0.0450 e. The topological polar surface area (TPSA) is 24.1 Å². The number of hydrogen-bond donors (Lipinski definition) is 2. The number of hydrogen-bond acceptors (Lipinski definition) is 2. The molecule has 1 aliphatic heterocycles. The normalized spacial score (nSPS) is 21.9. The predicted octanol–water partition coefficient (Wildman–Crippen LogP) is 2.04. The maximum Gasteiger partial charge on any atom is 0.0450 e. The van der Waals surface area contributed by atoms with Crippen LogP contribution in [0, 0.1) is 0 Å². The molecule has 0 radical (unpaired) electrons. The van der Waals surface area contributed by atoms with Crippen LogP contribution in [0.4, 0.5) is 0 Å². The third-order valence-electron chi connectivity index (χ3n) is 3.03. The van der Waals surface area contributed by atoms with Crippen molar-refractivity contribution in [2.24, 2.45) is 0 Å².